The average Bonchev–Trinajstić information content (AvgIpc) is 3.55. The molecule has 4 aromatic rings. The molecule has 0 spiro atoms. The first-order valence-corrected chi connectivity index (χ1v) is 13.3. The number of hydrogen-bond acceptors (Lipinski definition) is 6. The summed E-state index contributed by atoms with van der Waals surface area (Å²) in [6, 6.07) is 17.6. The number of fused-ring (bicyclic) bond motifs is 2. The number of carbonyl (C=O) groups is 2. The van der Waals surface area contributed by atoms with Crippen LogP contribution in [0.15, 0.2) is 66.2 Å². The highest BCUT2D eigenvalue weighted by Gasteiger charge is 2.48. The highest BCUT2D eigenvalue weighted by Crippen LogP contribution is 2.45. The van der Waals surface area contributed by atoms with Crippen LogP contribution < -0.4 is 9.64 Å². The normalized spacial score (nSPS) is 20.5. The first-order chi connectivity index (χ1) is 17.8. The fourth-order valence-corrected chi connectivity index (χ4v) is 6.26. The lowest BCUT2D eigenvalue weighted by atomic mass is 9.94. The van der Waals surface area contributed by atoms with Gasteiger partial charge in [-0.2, -0.15) is 0 Å². The van der Waals surface area contributed by atoms with Crippen molar-refractivity contribution < 1.29 is 19.4 Å². The second-order valence-electron chi connectivity index (χ2n) is 9.33. The van der Waals surface area contributed by atoms with Gasteiger partial charge in [0.1, 0.15) is 17.6 Å². The number of hydrogen-bond donors (Lipinski definition) is 1. The Hall–Kier alpha value is -3.68. The van der Waals surface area contributed by atoms with E-state index in [4.69, 9.17) is 16.3 Å². The summed E-state index contributed by atoms with van der Waals surface area (Å²) in [6.45, 7) is 4.04. The second kappa shape index (κ2) is 9.01. The van der Waals surface area contributed by atoms with Crippen LogP contribution in [0, 0.1) is 0 Å². The van der Waals surface area contributed by atoms with Crippen LogP contribution in [0.25, 0.3) is 16.0 Å². The van der Waals surface area contributed by atoms with E-state index in [-0.39, 0.29) is 17.4 Å². The third-order valence-corrected chi connectivity index (χ3v) is 8.12. The average molecular weight is 531 g/mol. The molecule has 6 rings (SSSR count). The van der Waals surface area contributed by atoms with Gasteiger partial charge < -0.3 is 9.84 Å². The highest BCUT2D eigenvalue weighted by molar-refractivity contribution is 7.22. The van der Waals surface area contributed by atoms with Crippen LogP contribution in [0.2, 0.25) is 5.02 Å². The molecule has 0 unspecified atom stereocenters. The molecule has 0 radical (unpaired) electrons. The summed E-state index contributed by atoms with van der Waals surface area (Å²) in [6.07, 6.45) is 1.61. The zero-order chi connectivity index (χ0) is 25.8. The van der Waals surface area contributed by atoms with E-state index in [1.165, 1.54) is 16.2 Å². The van der Waals surface area contributed by atoms with E-state index in [0.717, 1.165) is 28.0 Å². The minimum Gasteiger partial charge on any atom is -0.507 e. The molecule has 1 fully saturated rings. The number of ether oxygens (including phenoxy) is 1. The first-order valence-electron chi connectivity index (χ1n) is 12.1. The van der Waals surface area contributed by atoms with Gasteiger partial charge in [-0.1, -0.05) is 54.1 Å². The summed E-state index contributed by atoms with van der Waals surface area (Å²) in [7, 11) is 0. The van der Waals surface area contributed by atoms with Gasteiger partial charge in [-0.3, -0.25) is 14.5 Å². The minimum atomic E-state index is -0.828. The van der Waals surface area contributed by atoms with Crippen LogP contribution in [0.5, 0.6) is 5.75 Å². The van der Waals surface area contributed by atoms with Crippen molar-refractivity contribution in [2.75, 3.05) is 4.90 Å². The molecule has 2 atom stereocenters. The number of nitrogens with zero attached hydrogens (tertiary/aromatic N) is 2. The van der Waals surface area contributed by atoms with Crippen molar-refractivity contribution in [3.63, 3.8) is 0 Å². The van der Waals surface area contributed by atoms with E-state index >= 15 is 0 Å². The number of anilines is 1. The molecule has 8 heteroatoms. The molecule has 186 valence electrons. The number of rotatable bonds is 4. The zero-order valence-corrected chi connectivity index (χ0v) is 21.8. The zero-order valence-electron chi connectivity index (χ0n) is 20.2. The summed E-state index contributed by atoms with van der Waals surface area (Å²) >= 11 is 7.45. The molecule has 0 bridgehead atoms. The summed E-state index contributed by atoms with van der Waals surface area (Å²) in [5, 5.41) is 12.4. The number of benzene rings is 3. The lowest BCUT2D eigenvalue weighted by Crippen LogP contribution is -2.29. The van der Waals surface area contributed by atoms with Crippen LogP contribution in [0.3, 0.4) is 0 Å². The number of aliphatic hydroxyl groups is 1. The van der Waals surface area contributed by atoms with Crippen LogP contribution in [-0.4, -0.2) is 27.9 Å². The molecule has 0 aliphatic carbocycles. The standard InChI is InChI=1S/C29H23ClN2O4S/c1-3-16-4-6-17(7-5-16)25-24(26(33)18-8-11-22-19(13-18)12-15(2)36-22)27(34)28(35)32(25)29-31-21-10-9-20(30)14-23(21)37-29/h4-11,13-15,25,33H,3,12H2,1-2H3/b26-24+/t15-,25+/m0/s1. The van der Waals surface area contributed by atoms with E-state index < -0.39 is 17.7 Å². The molecule has 1 N–H and O–H groups in total. The number of carbonyl (C=O) groups excluding carboxylic acids is 2. The van der Waals surface area contributed by atoms with Crippen molar-refractivity contribution in [1.29, 1.82) is 0 Å². The number of aromatic nitrogens is 1. The first kappa shape index (κ1) is 23.7. The fourth-order valence-electron chi connectivity index (χ4n) is 5.00. The molecular formula is C29H23ClN2O4S. The van der Waals surface area contributed by atoms with Crippen molar-refractivity contribution in [3.8, 4) is 5.75 Å². The van der Waals surface area contributed by atoms with E-state index in [1.54, 1.807) is 30.3 Å². The third-order valence-electron chi connectivity index (χ3n) is 6.86. The van der Waals surface area contributed by atoms with E-state index in [1.807, 2.05) is 37.3 Å². The maximum atomic E-state index is 13.5. The van der Waals surface area contributed by atoms with Gasteiger partial charge in [0.05, 0.1) is 21.8 Å². The Kier molecular flexibility index (Phi) is 5.77. The Morgan fingerprint density at radius 1 is 1.14 bits per heavy atom. The number of aliphatic hydroxyl groups excluding tert-OH is 1. The molecule has 2 aliphatic rings. The van der Waals surface area contributed by atoms with Crippen molar-refractivity contribution in [1.82, 2.24) is 4.98 Å². The number of amides is 1. The Morgan fingerprint density at radius 3 is 2.68 bits per heavy atom. The topological polar surface area (TPSA) is 79.7 Å². The quantitative estimate of drug-likeness (QED) is 0.186. The molecule has 1 amide bonds. The summed E-state index contributed by atoms with van der Waals surface area (Å²) in [5.41, 5.74) is 3.99. The van der Waals surface area contributed by atoms with Crippen LogP contribution in [0.4, 0.5) is 5.13 Å². The Morgan fingerprint density at radius 2 is 1.92 bits per heavy atom. The second-order valence-corrected chi connectivity index (χ2v) is 10.8. The van der Waals surface area contributed by atoms with E-state index in [9.17, 15) is 14.7 Å². The number of thiazole rings is 1. The maximum Gasteiger partial charge on any atom is 0.301 e. The lowest BCUT2D eigenvalue weighted by Gasteiger charge is -2.23. The summed E-state index contributed by atoms with van der Waals surface area (Å²) < 4.78 is 6.59. The highest BCUT2D eigenvalue weighted by atomic mass is 35.5. The Labute approximate surface area is 222 Å². The fraction of sp³-hybridized carbons (Fsp3) is 0.207. The minimum absolute atomic E-state index is 0.0402. The Bertz CT molecular complexity index is 1610. The van der Waals surface area contributed by atoms with Gasteiger partial charge in [-0.05, 0) is 66.4 Å². The van der Waals surface area contributed by atoms with Gasteiger partial charge >= 0.3 is 5.91 Å². The molecule has 2 aliphatic heterocycles. The number of ketones is 1. The van der Waals surface area contributed by atoms with Crippen molar-refractivity contribution >= 4 is 55.7 Å². The molecular weight excluding hydrogens is 508 g/mol. The van der Waals surface area contributed by atoms with Crippen LogP contribution >= 0.6 is 22.9 Å². The third kappa shape index (κ3) is 3.99. The maximum absolute atomic E-state index is 13.5. The van der Waals surface area contributed by atoms with Crippen LogP contribution in [-0.2, 0) is 22.4 Å². The van der Waals surface area contributed by atoms with Gasteiger partial charge in [-0.25, -0.2) is 4.98 Å². The summed E-state index contributed by atoms with van der Waals surface area (Å²) in [4.78, 5) is 33.0. The molecule has 3 heterocycles. The molecule has 0 saturated carbocycles. The van der Waals surface area contributed by atoms with Crippen molar-refractivity contribution in [2.45, 2.75) is 38.8 Å². The lowest BCUT2D eigenvalue weighted by molar-refractivity contribution is -0.132. The smallest absolute Gasteiger partial charge is 0.301 e. The monoisotopic (exact) mass is 530 g/mol. The molecule has 6 nitrogen and oxygen atoms in total. The van der Waals surface area contributed by atoms with Gasteiger partial charge in [0.2, 0.25) is 0 Å². The summed E-state index contributed by atoms with van der Waals surface area (Å²) in [5.74, 6) is -0.917. The van der Waals surface area contributed by atoms with E-state index in [2.05, 4.69) is 11.9 Å². The molecule has 37 heavy (non-hydrogen) atoms. The number of aryl methyl sites for hydroxylation is 1. The van der Waals surface area contributed by atoms with Crippen molar-refractivity contribution in [3.05, 3.63) is 93.5 Å². The Balaban J connectivity index is 1.53. The molecule has 1 aromatic heterocycles. The number of halogens is 1. The molecule has 3 aromatic carbocycles. The van der Waals surface area contributed by atoms with Gasteiger partial charge in [0, 0.05) is 17.0 Å². The molecule has 1 saturated heterocycles. The SMILES string of the molecule is CCc1ccc([C@@H]2/C(=C(\O)c3ccc4c(c3)C[C@H](C)O4)C(=O)C(=O)N2c2nc3ccc(Cl)cc3s2)cc1. The predicted octanol–water partition coefficient (Wildman–Crippen LogP) is 6.46. The largest absolute Gasteiger partial charge is 0.507 e. The van der Waals surface area contributed by atoms with E-state index in [0.29, 0.717) is 33.2 Å². The van der Waals surface area contributed by atoms with Crippen molar-refractivity contribution in [2.24, 2.45) is 0 Å². The van der Waals surface area contributed by atoms with Gasteiger partial charge in [0.25, 0.3) is 5.78 Å². The number of Topliss-reactive ketones (excluding diaryl/α,β-unsaturated/α-hetero) is 1. The van der Waals surface area contributed by atoms with Gasteiger partial charge in [0.15, 0.2) is 5.13 Å². The van der Waals surface area contributed by atoms with Crippen LogP contribution in [0.1, 0.15) is 42.1 Å². The van der Waals surface area contributed by atoms with Gasteiger partial charge in [-0.15, -0.1) is 0 Å². The predicted molar refractivity (Wildman–Crippen MR) is 145 cm³/mol.